The van der Waals surface area contributed by atoms with Crippen molar-refractivity contribution in [3.63, 3.8) is 0 Å². The quantitative estimate of drug-likeness (QED) is 0.793. The molecule has 19 heavy (non-hydrogen) atoms. The summed E-state index contributed by atoms with van der Waals surface area (Å²) in [5.74, 6) is -0.888. The van der Waals surface area contributed by atoms with Crippen LogP contribution in [0, 0.1) is 11.6 Å². The maximum atomic E-state index is 13.9. The van der Waals surface area contributed by atoms with E-state index in [2.05, 4.69) is 37.2 Å². The monoisotopic (exact) mass is 389 g/mol. The van der Waals surface area contributed by atoms with Crippen LogP contribution in [-0.2, 0) is 0 Å². The molecule has 1 nitrogen and oxygen atoms in total. The fourth-order valence-corrected chi connectivity index (χ4v) is 3.23. The van der Waals surface area contributed by atoms with E-state index in [1.807, 2.05) is 18.2 Å². The molecular weight excluding hydrogens is 380 g/mol. The molecule has 0 saturated heterocycles. The minimum atomic E-state index is -0.454. The zero-order valence-electron chi connectivity index (χ0n) is 10.1. The van der Waals surface area contributed by atoms with E-state index in [4.69, 9.17) is 0 Å². The molecule has 1 unspecified atom stereocenters. The number of rotatable bonds is 3. The SMILES string of the molecule is CNC(c1cc(F)ccc1F)c1ccc(Br)cc1Br. The zero-order valence-corrected chi connectivity index (χ0v) is 13.2. The summed E-state index contributed by atoms with van der Waals surface area (Å²) in [6, 6.07) is 8.64. The van der Waals surface area contributed by atoms with E-state index in [9.17, 15) is 8.78 Å². The zero-order chi connectivity index (χ0) is 14.0. The van der Waals surface area contributed by atoms with Crippen molar-refractivity contribution in [2.75, 3.05) is 7.05 Å². The molecule has 0 fully saturated rings. The molecule has 5 heteroatoms. The third kappa shape index (κ3) is 3.22. The summed E-state index contributed by atoms with van der Waals surface area (Å²) in [5, 5.41) is 3.01. The number of hydrogen-bond donors (Lipinski definition) is 1. The van der Waals surface area contributed by atoms with Crippen LogP contribution in [0.15, 0.2) is 45.3 Å². The van der Waals surface area contributed by atoms with Crippen molar-refractivity contribution in [3.05, 3.63) is 68.1 Å². The fourth-order valence-electron chi connectivity index (χ4n) is 1.95. The Balaban J connectivity index is 2.52. The second-order valence-corrected chi connectivity index (χ2v) is 5.82. The largest absolute Gasteiger partial charge is 0.309 e. The third-order valence-electron chi connectivity index (χ3n) is 2.83. The Hall–Kier alpha value is -0.780. The van der Waals surface area contributed by atoms with E-state index < -0.39 is 17.7 Å². The topological polar surface area (TPSA) is 12.0 Å². The maximum Gasteiger partial charge on any atom is 0.128 e. The Kier molecular flexibility index (Phi) is 4.71. The molecule has 1 N–H and O–H groups in total. The Labute approximate surface area is 127 Å². The molecule has 0 heterocycles. The van der Waals surface area contributed by atoms with Gasteiger partial charge < -0.3 is 5.32 Å². The summed E-state index contributed by atoms with van der Waals surface area (Å²) in [4.78, 5) is 0. The first kappa shape index (κ1) is 14.6. The molecule has 0 spiro atoms. The van der Waals surface area contributed by atoms with Gasteiger partial charge in [0.1, 0.15) is 11.6 Å². The van der Waals surface area contributed by atoms with Crippen LogP contribution in [0.5, 0.6) is 0 Å². The Morgan fingerprint density at radius 1 is 1.00 bits per heavy atom. The number of hydrogen-bond acceptors (Lipinski definition) is 1. The molecule has 0 aromatic heterocycles. The van der Waals surface area contributed by atoms with Crippen LogP contribution in [0.25, 0.3) is 0 Å². The van der Waals surface area contributed by atoms with Crippen molar-refractivity contribution in [1.29, 1.82) is 0 Å². The summed E-state index contributed by atoms with van der Waals surface area (Å²) in [6.45, 7) is 0. The molecule has 0 bridgehead atoms. The average Bonchev–Trinajstić information content (AvgIpc) is 2.36. The Morgan fingerprint density at radius 3 is 2.37 bits per heavy atom. The lowest BCUT2D eigenvalue weighted by atomic mass is 9.98. The summed E-state index contributed by atoms with van der Waals surface area (Å²) in [5.41, 5.74) is 1.13. The highest BCUT2D eigenvalue weighted by atomic mass is 79.9. The van der Waals surface area contributed by atoms with Gasteiger partial charge in [-0.3, -0.25) is 0 Å². The number of halogens is 4. The predicted octanol–water partition coefficient (Wildman–Crippen LogP) is 4.80. The number of nitrogens with one attached hydrogen (secondary N) is 1. The fraction of sp³-hybridized carbons (Fsp3) is 0.143. The van der Waals surface area contributed by atoms with Gasteiger partial charge in [0.2, 0.25) is 0 Å². The highest BCUT2D eigenvalue weighted by molar-refractivity contribution is 9.11. The standard InChI is InChI=1S/C14H11Br2F2N/c1-19-14(10-4-2-8(15)6-12(10)16)11-7-9(17)3-5-13(11)18/h2-7,14,19H,1H3. The average molecular weight is 391 g/mol. The van der Waals surface area contributed by atoms with Crippen LogP contribution in [0.4, 0.5) is 8.78 Å². The summed E-state index contributed by atoms with van der Waals surface area (Å²) in [6.07, 6.45) is 0. The first-order valence-corrected chi connectivity index (χ1v) is 7.18. The summed E-state index contributed by atoms with van der Waals surface area (Å²) >= 11 is 6.81. The molecule has 2 aromatic carbocycles. The van der Waals surface area contributed by atoms with Crippen molar-refractivity contribution in [2.24, 2.45) is 0 Å². The van der Waals surface area contributed by atoms with E-state index in [-0.39, 0.29) is 5.56 Å². The van der Waals surface area contributed by atoms with Crippen LogP contribution < -0.4 is 5.32 Å². The van der Waals surface area contributed by atoms with Crippen molar-refractivity contribution >= 4 is 31.9 Å². The molecular formula is C14H11Br2F2N. The molecule has 0 aliphatic heterocycles. The van der Waals surface area contributed by atoms with Gasteiger partial charge in [-0.2, -0.15) is 0 Å². The van der Waals surface area contributed by atoms with Crippen molar-refractivity contribution in [1.82, 2.24) is 5.32 Å². The second kappa shape index (κ2) is 6.11. The maximum absolute atomic E-state index is 13.9. The van der Waals surface area contributed by atoms with Crippen LogP contribution in [0.1, 0.15) is 17.2 Å². The second-order valence-electron chi connectivity index (χ2n) is 4.05. The molecule has 0 aliphatic rings. The van der Waals surface area contributed by atoms with Gasteiger partial charge in [0.25, 0.3) is 0 Å². The normalized spacial score (nSPS) is 12.5. The molecule has 2 rings (SSSR count). The lowest BCUT2D eigenvalue weighted by molar-refractivity contribution is 0.557. The molecule has 0 amide bonds. The highest BCUT2D eigenvalue weighted by Gasteiger charge is 2.19. The van der Waals surface area contributed by atoms with Crippen LogP contribution in [0.2, 0.25) is 0 Å². The molecule has 0 saturated carbocycles. The molecule has 1 atom stereocenters. The van der Waals surface area contributed by atoms with Gasteiger partial charge >= 0.3 is 0 Å². The minimum Gasteiger partial charge on any atom is -0.309 e. The van der Waals surface area contributed by atoms with Gasteiger partial charge in [0.05, 0.1) is 6.04 Å². The summed E-state index contributed by atoms with van der Waals surface area (Å²) in [7, 11) is 1.71. The van der Waals surface area contributed by atoms with E-state index in [0.29, 0.717) is 0 Å². The van der Waals surface area contributed by atoms with Gasteiger partial charge in [-0.05, 0) is 42.9 Å². The lowest BCUT2D eigenvalue weighted by Crippen LogP contribution is -2.19. The third-order valence-corrected chi connectivity index (χ3v) is 4.01. The van der Waals surface area contributed by atoms with Crippen LogP contribution in [0.3, 0.4) is 0 Å². The molecule has 100 valence electrons. The van der Waals surface area contributed by atoms with E-state index in [1.165, 1.54) is 6.07 Å². The van der Waals surface area contributed by atoms with Crippen molar-refractivity contribution in [2.45, 2.75) is 6.04 Å². The first-order valence-electron chi connectivity index (χ1n) is 5.60. The van der Waals surface area contributed by atoms with Crippen LogP contribution >= 0.6 is 31.9 Å². The minimum absolute atomic E-state index is 0.283. The number of benzene rings is 2. The van der Waals surface area contributed by atoms with E-state index in [0.717, 1.165) is 26.6 Å². The highest BCUT2D eigenvalue weighted by Crippen LogP contribution is 2.32. The molecule has 0 aliphatic carbocycles. The van der Waals surface area contributed by atoms with E-state index in [1.54, 1.807) is 7.05 Å². The van der Waals surface area contributed by atoms with Gasteiger partial charge in [-0.25, -0.2) is 8.78 Å². The Morgan fingerprint density at radius 2 is 1.74 bits per heavy atom. The van der Waals surface area contributed by atoms with Gasteiger partial charge in [0.15, 0.2) is 0 Å². The van der Waals surface area contributed by atoms with E-state index >= 15 is 0 Å². The predicted molar refractivity (Wildman–Crippen MR) is 79.1 cm³/mol. The lowest BCUT2D eigenvalue weighted by Gasteiger charge is -2.19. The summed E-state index contributed by atoms with van der Waals surface area (Å²) < 4.78 is 28.9. The van der Waals surface area contributed by atoms with Crippen molar-refractivity contribution < 1.29 is 8.78 Å². The van der Waals surface area contributed by atoms with Gasteiger partial charge in [0, 0.05) is 14.5 Å². The smallest absolute Gasteiger partial charge is 0.128 e. The first-order chi connectivity index (χ1) is 9.02. The van der Waals surface area contributed by atoms with Crippen molar-refractivity contribution in [3.8, 4) is 0 Å². The van der Waals surface area contributed by atoms with Gasteiger partial charge in [-0.1, -0.05) is 37.9 Å². The van der Waals surface area contributed by atoms with Crippen LogP contribution in [-0.4, -0.2) is 7.05 Å². The molecule has 0 radical (unpaired) electrons. The Bertz CT molecular complexity index is 602. The molecule has 2 aromatic rings. The van der Waals surface area contributed by atoms with Gasteiger partial charge in [-0.15, -0.1) is 0 Å².